The molecule has 0 aromatic heterocycles. The molecule has 1 unspecified atom stereocenters. The van der Waals surface area contributed by atoms with Crippen molar-refractivity contribution in [2.24, 2.45) is 0 Å². The number of esters is 1. The van der Waals surface area contributed by atoms with Crippen LogP contribution >= 0.6 is 0 Å². The van der Waals surface area contributed by atoms with E-state index in [1.807, 2.05) is 0 Å². The zero-order valence-corrected chi connectivity index (χ0v) is 17.0. The average Bonchev–Trinajstić information content (AvgIpc) is 2.58. The maximum Gasteiger partial charge on any atom is 0.498 e. The third-order valence-electron chi connectivity index (χ3n) is 3.94. The van der Waals surface area contributed by atoms with Gasteiger partial charge in [-0.25, -0.2) is 21.6 Å². The smallest absolute Gasteiger partial charge is 0.451 e. The van der Waals surface area contributed by atoms with E-state index in [-0.39, 0.29) is 11.1 Å². The molecule has 0 aliphatic carbocycles. The van der Waals surface area contributed by atoms with E-state index in [0.29, 0.717) is 0 Å². The topological polar surface area (TPSA) is 94.6 Å². The fourth-order valence-electron chi connectivity index (χ4n) is 2.30. The van der Waals surface area contributed by atoms with Crippen molar-refractivity contribution in [3.8, 4) is 0 Å². The van der Waals surface area contributed by atoms with Gasteiger partial charge in [0.05, 0.1) is 0 Å². The van der Waals surface area contributed by atoms with Crippen LogP contribution in [0.5, 0.6) is 0 Å². The Hall–Kier alpha value is -2.09. The van der Waals surface area contributed by atoms with Gasteiger partial charge in [0.2, 0.25) is 0 Å². The van der Waals surface area contributed by atoms with Crippen LogP contribution in [0.25, 0.3) is 0 Å². The number of carbonyl (C=O) groups excluding carboxylic acids is 1. The molecule has 0 aliphatic rings. The Morgan fingerprint density at radius 1 is 0.967 bits per heavy atom. The highest BCUT2D eigenvalue weighted by Crippen LogP contribution is 2.43. The number of hydrogen-bond donors (Lipinski definition) is 0. The standard InChI is InChI=1S/C16H16F6O6S2/c1-10(2)13(23)28-14(3,11-7-5-4-6-8-11)9-12(29(24,25)15(17,18)19)30(26,27)16(20,21)22/h4-8,12H,1,9H2,2-3H3. The van der Waals surface area contributed by atoms with Crippen LogP contribution in [0.4, 0.5) is 26.3 Å². The fourth-order valence-corrected chi connectivity index (χ4v) is 5.96. The Morgan fingerprint density at radius 2 is 1.37 bits per heavy atom. The Kier molecular flexibility index (Phi) is 7.10. The van der Waals surface area contributed by atoms with E-state index in [2.05, 4.69) is 6.58 Å². The number of rotatable bonds is 7. The Morgan fingerprint density at radius 3 is 1.70 bits per heavy atom. The first-order chi connectivity index (χ1) is 13.3. The van der Waals surface area contributed by atoms with Crippen molar-refractivity contribution in [1.82, 2.24) is 0 Å². The third kappa shape index (κ3) is 5.14. The van der Waals surface area contributed by atoms with Crippen LogP contribution in [0.1, 0.15) is 25.8 Å². The highest BCUT2D eigenvalue weighted by molar-refractivity contribution is 8.09. The minimum Gasteiger partial charge on any atom is -0.451 e. The number of sulfone groups is 2. The number of benzene rings is 1. The second-order valence-electron chi connectivity index (χ2n) is 6.38. The molecule has 0 aliphatic heterocycles. The molecule has 0 amide bonds. The molecule has 0 saturated carbocycles. The van der Waals surface area contributed by atoms with Crippen molar-refractivity contribution in [3.63, 3.8) is 0 Å². The number of hydrogen-bond acceptors (Lipinski definition) is 6. The summed E-state index contributed by atoms with van der Waals surface area (Å²) in [7, 11) is -13.8. The minimum atomic E-state index is -6.90. The predicted octanol–water partition coefficient (Wildman–Crippen LogP) is 3.61. The lowest BCUT2D eigenvalue weighted by Gasteiger charge is -2.33. The molecule has 0 heterocycles. The Balaban J connectivity index is 3.77. The van der Waals surface area contributed by atoms with Crippen LogP contribution in [0.2, 0.25) is 0 Å². The van der Waals surface area contributed by atoms with Crippen LogP contribution in [0.15, 0.2) is 42.5 Å². The van der Waals surface area contributed by atoms with Gasteiger partial charge in [0, 0.05) is 12.0 Å². The summed E-state index contributed by atoms with van der Waals surface area (Å²) in [6, 6.07) is 6.18. The normalized spacial score (nSPS) is 15.5. The van der Waals surface area contributed by atoms with E-state index in [4.69, 9.17) is 4.74 Å². The van der Waals surface area contributed by atoms with Gasteiger partial charge < -0.3 is 4.74 Å². The van der Waals surface area contributed by atoms with Crippen molar-refractivity contribution in [1.29, 1.82) is 0 Å². The summed E-state index contributed by atoms with van der Waals surface area (Å²) in [5.74, 6) is -1.28. The van der Waals surface area contributed by atoms with Crippen LogP contribution in [0.3, 0.4) is 0 Å². The van der Waals surface area contributed by atoms with Crippen LogP contribution in [-0.4, -0.2) is 38.4 Å². The molecule has 6 nitrogen and oxygen atoms in total. The van der Waals surface area contributed by atoms with E-state index < -0.39 is 53.3 Å². The number of halogens is 6. The quantitative estimate of drug-likeness (QED) is 0.335. The number of alkyl halides is 6. The predicted molar refractivity (Wildman–Crippen MR) is 93.1 cm³/mol. The van der Waals surface area contributed by atoms with Crippen LogP contribution in [0, 0.1) is 0 Å². The van der Waals surface area contributed by atoms with Gasteiger partial charge in [-0.3, -0.25) is 0 Å². The number of carbonyl (C=O) groups is 1. The summed E-state index contributed by atoms with van der Waals surface area (Å²) in [6.07, 6.45) is -1.88. The van der Waals surface area contributed by atoms with Gasteiger partial charge >= 0.3 is 17.0 Å². The molecule has 0 saturated heterocycles. The van der Waals surface area contributed by atoms with E-state index >= 15 is 0 Å². The molecule has 1 aromatic carbocycles. The maximum atomic E-state index is 13.0. The lowest BCUT2D eigenvalue weighted by molar-refractivity contribution is -0.154. The fraction of sp³-hybridized carbons (Fsp3) is 0.438. The summed E-state index contributed by atoms with van der Waals surface area (Å²) in [5.41, 5.74) is -15.7. The first-order valence-electron chi connectivity index (χ1n) is 7.82. The summed E-state index contributed by atoms with van der Waals surface area (Å²) in [4.78, 5) is 11.9. The van der Waals surface area contributed by atoms with Crippen molar-refractivity contribution in [2.75, 3.05) is 0 Å². The summed E-state index contributed by atoms with van der Waals surface area (Å²) < 4.78 is 126. The molecule has 1 rings (SSSR count). The van der Waals surface area contributed by atoms with Gasteiger partial charge in [-0.15, -0.1) is 0 Å². The molecule has 0 N–H and O–H groups in total. The van der Waals surface area contributed by atoms with E-state index in [1.165, 1.54) is 18.2 Å². The molecule has 170 valence electrons. The molecule has 1 atom stereocenters. The van der Waals surface area contributed by atoms with Gasteiger partial charge in [0.25, 0.3) is 19.7 Å². The van der Waals surface area contributed by atoms with Gasteiger partial charge in [-0.2, -0.15) is 26.3 Å². The van der Waals surface area contributed by atoms with Crippen molar-refractivity contribution < 1.29 is 52.7 Å². The molecular weight excluding hydrogens is 466 g/mol. The van der Waals surface area contributed by atoms with Crippen LogP contribution < -0.4 is 0 Å². The Bertz CT molecular complexity index is 969. The summed E-state index contributed by atoms with van der Waals surface area (Å²) in [5, 5.41) is 0. The first kappa shape index (κ1) is 25.9. The SMILES string of the molecule is C=C(C)C(=O)OC(C)(CC(S(=O)(=O)C(F)(F)F)S(=O)(=O)C(F)(F)F)c1ccccc1. The Labute approximate surface area is 168 Å². The zero-order valence-electron chi connectivity index (χ0n) is 15.4. The molecule has 14 heteroatoms. The maximum absolute atomic E-state index is 13.0. The monoisotopic (exact) mass is 482 g/mol. The van der Waals surface area contributed by atoms with Gasteiger partial charge in [0.15, 0.2) is 4.58 Å². The molecule has 30 heavy (non-hydrogen) atoms. The lowest BCUT2D eigenvalue weighted by Crippen LogP contribution is -2.48. The molecule has 0 radical (unpaired) electrons. The number of ether oxygens (including phenoxy) is 1. The average molecular weight is 482 g/mol. The van der Waals surface area contributed by atoms with E-state index in [1.54, 1.807) is 0 Å². The zero-order chi connectivity index (χ0) is 23.8. The molecule has 0 fully saturated rings. The molecule has 0 spiro atoms. The van der Waals surface area contributed by atoms with Gasteiger partial charge in [-0.1, -0.05) is 36.9 Å². The van der Waals surface area contributed by atoms with E-state index in [9.17, 15) is 48.0 Å². The third-order valence-corrected chi connectivity index (χ3v) is 8.47. The highest BCUT2D eigenvalue weighted by Gasteiger charge is 2.64. The van der Waals surface area contributed by atoms with Gasteiger partial charge in [-0.05, 0) is 19.4 Å². The summed E-state index contributed by atoms with van der Waals surface area (Å²) >= 11 is 0. The molecular formula is C16H16F6O6S2. The van der Waals surface area contributed by atoms with E-state index in [0.717, 1.165) is 26.0 Å². The second kappa shape index (κ2) is 8.21. The van der Waals surface area contributed by atoms with Gasteiger partial charge in [0.1, 0.15) is 5.60 Å². The first-order valence-corrected chi connectivity index (χ1v) is 10.9. The highest BCUT2D eigenvalue weighted by atomic mass is 32.3. The largest absolute Gasteiger partial charge is 0.498 e. The van der Waals surface area contributed by atoms with Crippen molar-refractivity contribution >= 4 is 25.6 Å². The van der Waals surface area contributed by atoms with Crippen LogP contribution in [-0.2, 0) is 34.8 Å². The van der Waals surface area contributed by atoms with Crippen molar-refractivity contribution in [3.05, 3.63) is 48.0 Å². The molecule has 1 aromatic rings. The lowest BCUT2D eigenvalue weighted by atomic mass is 9.92. The summed E-state index contributed by atoms with van der Waals surface area (Å²) in [6.45, 7) is 5.13. The second-order valence-corrected chi connectivity index (χ2v) is 10.9. The minimum absolute atomic E-state index is 0.237. The molecule has 0 bridgehead atoms. The van der Waals surface area contributed by atoms with Crippen molar-refractivity contribution in [2.45, 2.75) is 41.5 Å².